The molecule has 1 heterocycles. The van der Waals surface area contributed by atoms with Gasteiger partial charge in [0.15, 0.2) is 0 Å². The SMILES string of the molecule is Cc1nn(C)c(Cl)c1CN(CC(C)O)C1CCCCC1. The summed E-state index contributed by atoms with van der Waals surface area (Å²) in [6.07, 6.45) is 6.06. The minimum atomic E-state index is -0.312. The molecule has 1 atom stereocenters. The normalized spacial score (nSPS) is 18.7. The van der Waals surface area contributed by atoms with Gasteiger partial charge in [-0.15, -0.1) is 0 Å². The van der Waals surface area contributed by atoms with Gasteiger partial charge in [0.05, 0.1) is 11.8 Å². The van der Waals surface area contributed by atoms with Crippen LogP contribution in [-0.2, 0) is 13.6 Å². The van der Waals surface area contributed by atoms with Crippen LogP contribution in [0.5, 0.6) is 0 Å². The van der Waals surface area contributed by atoms with E-state index in [0.29, 0.717) is 17.7 Å². The maximum atomic E-state index is 9.78. The van der Waals surface area contributed by atoms with Crippen molar-refractivity contribution in [1.82, 2.24) is 14.7 Å². The molecule has 1 aromatic rings. The maximum absolute atomic E-state index is 9.78. The summed E-state index contributed by atoms with van der Waals surface area (Å²) in [5, 5.41) is 14.9. The van der Waals surface area contributed by atoms with Crippen LogP contribution in [0, 0.1) is 6.92 Å². The molecule has 1 aliphatic rings. The first-order valence-corrected chi connectivity index (χ1v) is 7.97. The Morgan fingerprint density at radius 2 is 2.05 bits per heavy atom. The molecule has 2 rings (SSSR count). The summed E-state index contributed by atoms with van der Waals surface area (Å²) < 4.78 is 1.73. The lowest BCUT2D eigenvalue weighted by atomic mass is 9.93. The zero-order chi connectivity index (χ0) is 14.7. The van der Waals surface area contributed by atoms with E-state index >= 15 is 0 Å². The Bertz CT molecular complexity index is 439. The molecule has 1 unspecified atom stereocenters. The molecule has 1 aliphatic carbocycles. The highest BCUT2D eigenvalue weighted by Crippen LogP contribution is 2.27. The number of aromatic nitrogens is 2. The fourth-order valence-electron chi connectivity index (χ4n) is 3.18. The van der Waals surface area contributed by atoms with Crippen molar-refractivity contribution in [3.05, 3.63) is 16.4 Å². The van der Waals surface area contributed by atoms with Crippen LogP contribution in [0.25, 0.3) is 0 Å². The van der Waals surface area contributed by atoms with Crippen LogP contribution in [0.2, 0.25) is 5.15 Å². The Kier molecular flexibility index (Phi) is 5.47. The van der Waals surface area contributed by atoms with Crippen LogP contribution < -0.4 is 0 Å². The molecule has 0 amide bonds. The highest BCUT2D eigenvalue weighted by molar-refractivity contribution is 6.30. The molecule has 0 saturated heterocycles. The molecular formula is C15H26ClN3O. The van der Waals surface area contributed by atoms with Crippen LogP contribution in [0.4, 0.5) is 0 Å². The Morgan fingerprint density at radius 3 is 2.55 bits per heavy atom. The van der Waals surface area contributed by atoms with Crippen molar-refractivity contribution in [3.63, 3.8) is 0 Å². The van der Waals surface area contributed by atoms with Crippen molar-refractivity contribution >= 4 is 11.6 Å². The van der Waals surface area contributed by atoms with Crippen LogP contribution in [0.1, 0.15) is 50.3 Å². The van der Waals surface area contributed by atoms with Crippen LogP contribution in [0.15, 0.2) is 0 Å². The molecule has 5 heteroatoms. The summed E-state index contributed by atoms with van der Waals surface area (Å²) in [6, 6.07) is 0.564. The standard InChI is InChI=1S/C15H26ClN3O/c1-11(20)9-19(13-7-5-4-6-8-13)10-14-12(2)17-18(3)15(14)16/h11,13,20H,4-10H2,1-3H3. The van der Waals surface area contributed by atoms with Crippen LogP contribution in [-0.4, -0.2) is 38.5 Å². The monoisotopic (exact) mass is 299 g/mol. The van der Waals surface area contributed by atoms with Crippen molar-refractivity contribution < 1.29 is 5.11 Å². The minimum absolute atomic E-state index is 0.312. The molecule has 1 N–H and O–H groups in total. The number of aliphatic hydroxyl groups excluding tert-OH is 1. The van der Waals surface area contributed by atoms with Crippen molar-refractivity contribution in [2.75, 3.05) is 6.54 Å². The molecule has 4 nitrogen and oxygen atoms in total. The molecule has 114 valence electrons. The van der Waals surface area contributed by atoms with Crippen LogP contribution >= 0.6 is 11.6 Å². The number of halogens is 1. The second-order valence-corrected chi connectivity index (χ2v) is 6.41. The molecule has 1 aromatic heterocycles. The topological polar surface area (TPSA) is 41.3 Å². The van der Waals surface area contributed by atoms with Gasteiger partial charge in [0.2, 0.25) is 0 Å². The lowest BCUT2D eigenvalue weighted by Gasteiger charge is -2.35. The first kappa shape index (κ1) is 15.8. The number of nitrogens with zero attached hydrogens (tertiary/aromatic N) is 3. The van der Waals surface area contributed by atoms with Crippen molar-refractivity contribution in [2.45, 2.75) is 64.6 Å². The third-order valence-corrected chi connectivity index (χ3v) is 4.69. The van der Waals surface area contributed by atoms with Crippen molar-refractivity contribution in [1.29, 1.82) is 0 Å². The summed E-state index contributed by atoms with van der Waals surface area (Å²) in [5.74, 6) is 0. The molecular weight excluding hydrogens is 274 g/mol. The van der Waals surface area contributed by atoms with E-state index in [2.05, 4.69) is 10.00 Å². The van der Waals surface area contributed by atoms with Gasteiger partial charge >= 0.3 is 0 Å². The lowest BCUT2D eigenvalue weighted by Crippen LogP contribution is -2.40. The predicted octanol–water partition coefficient (Wildman–Crippen LogP) is 2.90. The van der Waals surface area contributed by atoms with Gasteiger partial charge in [0.25, 0.3) is 0 Å². The number of aliphatic hydroxyl groups is 1. The third-order valence-electron chi connectivity index (χ3n) is 4.22. The van der Waals surface area contributed by atoms with E-state index in [1.807, 2.05) is 20.9 Å². The Hall–Kier alpha value is -0.580. The Labute approximate surface area is 126 Å². The average Bonchev–Trinajstić information content (AvgIpc) is 2.65. The summed E-state index contributed by atoms with van der Waals surface area (Å²) in [6.45, 7) is 5.35. The molecule has 1 saturated carbocycles. The van der Waals surface area contributed by atoms with Gasteiger partial charge in [0, 0.05) is 31.7 Å². The second-order valence-electron chi connectivity index (χ2n) is 6.05. The maximum Gasteiger partial charge on any atom is 0.131 e. The zero-order valence-corrected chi connectivity index (χ0v) is 13.5. The minimum Gasteiger partial charge on any atom is -0.392 e. The summed E-state index contributed by atoms with van der Waals surface area (Å²) >= 11 is 6.34. The summed E-state index contributed by atoms with van der Waals surface area (Å²) in [7, 11) is 1.87. The average molecular weight is 300 g/mol. The smallest absolute Gasteiger partial charge is 0.131 e. The first-order chi connectivity index (χ1) is 9.49. The van der Waals surface area contributed by atoms with E-state index in [1.165, 1.54) is 32.1 Å². The van der Waals surface area contributed by atoms with Gasteiger partial charge < -0.3 is 5.11 Å². The third kappa shape index (κ3) is 3.74. The van der Waals surface area contributed by atoms with E-state index in [1.54, 1.807) is 4.68 Å². The Balaban J connectivity index is 2.14. The fourth-order valence-corrected chi connectivity index (χ4v) is 3.42. The number of hydrogen-bond donors (Lipinski definition) is 1. The van der Waals surface area contributed by atoms with Crippen LogP contribution in [0.3, 0.4) is 0 Å². The molecule has 1 fully saturated rings. The van der Waals surface area contributed by atoms with E-state index in [0.717, 1.165) is 17.8 Å². The molecule has 20 heavy (non-hydrogen) atoms. The second kappa shape index (κ2) is 6.92. The van der Waals surface area contributed by atoms with E-state index in [9.17, 15) is 5.11 Å². The molecule has 0 radical (unpaired) electrons. The van der Waals surface area contributed by atoms with Gasteiger partial charge in [-0.2, -0.15) is 5.10 Å². The first-order valence-electron chi connectivity index (χ1n) is 7.59. The summed E-state index contributed by atoms with van der Waals surface area (Å²) in [5.41, 5.74) is 2.09. The van der Waals surface area contributed by atoms with Gasteiger partial charge in [-0.1, -0.05) is 30.9 Å². The van der Waals surface area contributed by atoms with Crippen molar-refractivity contribution in [3.8, 4) is 0 Å². The van der Waals surface area contributed by atoms with Gasteiger partial charge in [-0.25, -0.2) is 0 Å². The number of rotatable bonds is 5. The fraction of sp³-hybridized carbons (Fsp3) is 0.800. The van der Waals surface area contributed by atoms with Gasteiger partial charge in [0.1, 0.15) is 5.15 Å². The largest absolute Gasteiger partial charge is 0.392 e. The van der Waals surface area contributed by atoms with E-state index in [-0.39, 0.29) is 6.10 Å². The van der Waals surface area contributed by atoms with Gasteiger partial charge in [-0.3, -0.25) is 9.58 Å². The number of aryl methyl sites for hydroxylation is 2. The molecule has 0 aromatic carbocycles. The number of hydrogen-bond acceptors (Lipinski definition) is 3. The van der Waals surface area contributed by atoms with E-state index < -0.39 is 0 Å². The lowest BCUT2D eigenvalue weighted by molar-refractivity contribution is 0.0767. The quantitative estimate of drug-likeness (QED) is 0.909. The molecule has 0 spiro atoms. The molecule has 0 aliphatic heterocycles. The van der Waals surface area contributed by atoms with Gasteiger partial charge in [-0.05, 0) is 26.7 Å². The zero-order valence-electron chi connectivity index (χ0n) is 12.8. The Morgan fingerprint density at radius 1 is 1.40 bits per heavy atom. The van der Waals surface area contributed by atoms with Crippen molar-refractivity contribution in [2.24, 2.45) is 7.05 Å². The summed E-state index contributed by atoms with van der Waals surface area (Å²) in [4.78, 5) is 2.39. The van der Waals surface area contributed by atoms with E-state index in [4.69, 9.17) is 11.6 Å². The molecule has 0 bridgehead atoms. The highest BCUT2D eigenvalue weighted by atomic mass is 35.5. The predicted molar refractivity (Wildman–Crippen MR) is 81.9 cm³/mol. The highest BCUT2D eigenvalue weighted by Gasteiger charge is 2.24.